The standard InChI is InChI=1S/C25H20FN3O5/c26-17-7-9-18(10-8-17)27-23(30)13-20-24(31)29(19-4-2-1-3-5-19)25(32)28(20)14-16-6-11-21-22(12-16)34-15-33-21/h1-12,20H,13-15H2,(H,27,30). The van der Waals surface area contributed by atoms with Crippen LogP contribution in [-0.4, -0.2) is 35.6 Å². The maximum absolute atomic E-state index is 13.3. The minimum absolute atomic E-state index is 0.0963. The van der Waals surface area contributed by atoms with E-state index in [1.54, 1.807) is 48.5 Å². The highest BCUT2D eigenvalue weighted by molar-refractivity contribution is 6.22. The Labute approximate surface area is 194 Å². The largest absolute Gasteiger partial charge is 0.454 e. The van der Waals surface area contributed by atoms with Crippen molar-refractivity contribution in [3.8, 4) is 11.5 Å². The predicted octanol–water partition coefficient (Wildman–Crippen LogP) is 3.92. The number of amides is 4. The summed E-state index contributed by atoms with van der Waals surface area (Å²) in [5.74, 6) is -0.229. The number of nitrogens with zero attached hydrogens (tertiary/aromatic N) is 2. The van der Waals surface area contributed by atoms with Gasteiger partial charge in [0.2, 0.25) is 12.7 Å². The van der Waals surface area contributed by atoms with Crippen molar-refractivity contribution in [3.63, 3.8) is 0 Å². The zero-order chi connectivity index (χ0) is 23.7. The van der Waals surface area contributed by atoms with Crippen LogP contribution in [0.2, 0.25) is 0 Å². The molecule has 3 aromatic rings. The van der Waals surface area contributed by atoms with E-state index in [2.05, 4.69) is 5.32 Å². The van der Waals surface area contributed by atoms with E-state index in [0.29, 0.717) is 22.9 Å². The third-order valence-corrected chi connectivity index (χ3v) is 5.63. The van der Waals surface area contributed by atoms with Crippen LogP contribution in [0.5, 0.6) is 11.5 Å². The fraction of sp³-hybridized carbons (Fsp3) is 0.160. The van der Waals surface area contributed by atoms with Gasteiger partial charge in [-0.2, -0.15) is 0 Å². The van der Waals surface area contributed by atoms with Gasteiger partial charge < -0.3 is 19.7 Å². The maximum atomic E-state index is 13.3. The van der Waals surface area contributed by atoms with E-state index < -0.39 is 29.7 Å². The van der Waals surface area contributed by atoms with E-state index in [1.807, 2.05) is 0 Å². The number of benzene rings is 3. The van der Waals surface area contributed by atoms with Gasteiger partial charge in [0, 0.05) is 12.2 Å². The van der Waals surface area contributed by atoms with E-state index in [4.69, 9.17) is 9.47 Å². The van der Waals surface area contributed by atoms with Crippen molar-refractivity contribution in [1.29, 1.82) is 0 Å². The van der Waals surface area contributed by atoms with Crippen LogP contribution in [0, 0.1) is 5.82 Å². The molecule has 2 aliphatic heterocycles. The maximum Gasteiger partial charge on any atom is 0.332 e. The second kappa shape index (κ2) is 8.86. The molecular formula is C25H20FN3O5. The molecule has 1 unspecified atom stereocenters. The molecule has 0 bridgehead atoms. The Hall–Kier alpha value is -4.40. The predicted molar refractivity (Wildman–Crippen MR) is 121 cm³/mol. The van der Waals surface area contributed by atoms with Gasteiger partial charge in [-0.25, -0.2) is 14.1 Å². The molecule has 1 fully saturated rings. The third kappa shape index (κ3) is 4.15. The molecule has 0 aliphatic carbocycles. The third-order valence-electron chi connectivity index (χ3n) is 5.63. The first-order valence-corrected chi connectivity index (χ1v) is 10.6. The molecule has 4 amide bonds. The molecule has 0 spiro atoms. The number of imide groups is 1. The van der Waals surface area contributed by atoms with E-state index in [-0.39, 0.29) is 19.8 Å². The molecular weight excluding hydrogens is 441 g/mol. The molecule has 5 rings (SSSR count). The van der Waals surface area contributed by atoms with E-state index in [1.165, 1.54) is 29.2 Å². The van der Waals surface area contributed by atoms with Crippen molar-refractivity contribution < 1.29 is 28.2 Å². The molecule has 0 saturated carbocycles. The average Bonchev–Trinajstić information content (AvgIpc) is 3.39. The van der Waals surface area contributed by atoms with Gasteiger partial charge in [0.25, 0.3) is 5.91 Å². The molecule has 2 heterocycles. The van der Waals surface area contributed by atoms with Crippen molar-refractivity contribution in [2.24, 2.45) is 0 Å². The Morgan fingerprint density at radius 3 is 2.47 bits per heavy atom. The number of hydrogen-bond acceptors (Lipinski definition) is 5. The summed E-state index contributed by atoms with van der Waals surface area (Å²) in [6.07, 6.45) is -0.254. The number of anilines is 2. The van der Waals surface area contributed by atoms with E-state index in [9.17, 15) is 18.8 Å². The summed E-state index contributed by atoms with van der Waals surface area (Å²) in [5, 5.41) is 2.65. The number of nitrogens with one attached hydrogen (secondary N) is 1. The summed E-state index contributed by atoms with van der Waals surface area (Å²) < 4.78 is 23.9. The first-order valence-electron chi connectivity index (χ1n) is 10.6. The quantitative estimate of drug-likeness (QED) is 0.562. The lowest BCUT2D eigenvalue weighted by Crippen LogP contribution is -2.37. The Bertz CT molecular complexity index is 1250. The zero-order valence-corrected chi connectivity index (χ0v) is 17.9. The molecule has 1 N–H and O–H groups in total. The number of ether oxygens (including phenoxy) is 2. The van der Waals surface area contributed by atoms with E-state index in [0.717, 1.165) is 10.5 Å². The van der Waals surface area contributed by atoms with Gasteiger partial charge in [-0.15, -0.1) is 0 Å². The van der Waals surface area contributed by atoms with Crippen LogP contribution in [0.15, 0.2) is 72.8 Å². The van der Waals surface area contributed by atoms with Crippen molar-refractivity contribution >= 4 is 29.2 Å². The van der Waals surface area contributed by atoms with Gasteiger partial charge in [-0.3, -0.25) is 9.59 Å². The van der Waals surface area contributed by atoms with Crippen molar-refractivity contribution in [2.75, 3.05) is 17.0 Å². The van der Waals surface area contributed by atoms with Gasteiger partial charge in [-0.1, -0.05) is 24.3 Å². The smallest absolute Gasteiger partial charge is 0.332 e. The highest BCUT2D eigenvalue weighted by Crippen LogP contribution is 2.34. The molecule has 1 atom stereocenters. The first-order chi connectivity index (χ1) is 16.5. The first kappa shape index (κ1) is 21.4. The summed E-state index contributed by atoms with van der Waals surface area (Å²) in [4.78, 5) is 41.9. The summed E-state index contributed by atoms with van der Waals surface area (Å²) in [6, 6.07) is 17.6. The van der Waals surface area contributed by atoms with Gasteiger partial charge in [0.05, 0.1) is 12.1 Å². The lowest BCUT2D eigenvalue weighted by Gasteiger charge is -2.22. The molecule has 3 aromatic carbocycles. The van der Waals surface area contributed by atoms with Crippen LogP contribution in [0.4, 0.5) is 20.6 Å². The number of fused-ring (bicyclic) bond motifs is 1. The second-order valence-electron chi connectivity index (χ2n) is 7.88. The molecule has 0 aromatic heterocycles. The lowest BCUT2D eigenvalue weighted by molar-refractivity contribution is -0.124. The molecule has 9 heteroatoms. The van der Waals surface area contributed by atoms with Crippen molar-refractivity contribution in [3.05, 3.63) is 84.2 Å². The van der Waals surface area contributed by atoms with Crippen LogP contribution in [0.25, 0.3) is 0 Å². The Kier molecular flexibility index (Phi) is 5.59. The second-order valence-corrected chi connectivity index (χ2v) is 7.88. The summed E-state index contributed by atoms with van der Waals surface area (Å²) >= 11 is 0. The Morgan fingerprint density at radius 2 is 1.71 bits per heavy atom. The monoisotopic (exact) mass is 461 g/mol. The van der Waals surface area contributed by atoms with Crippen LogP contribution >= 0.6 is 0 Å². The zero-order valence-electron chi connectivity index (χ0n) is 17.9. The molecule has 8 nitrogen and oxygen atoms in total. The number of carbonyl (C=O) groups is 3. The summed E-state index contributed by atoms with van der Waals surface area (Å²) in [5.41, 5.74) is 1.55. The molecule has 2 aliphatic rings. The molecule has 1 saturated heterocycles. The minimum Gasteiger partial charge on any atom is -0.454 e. The summed E-state index contributed by atoms with van der Waals surface area (Å²) in [7, 11) is 0. The minimum atomic E-state index is -1.02. The average molecular weight is 461 g/mol. The Morgan fingerprint density at radius 1 is 0.971 bits per heavy atom. The van der Waals surface area contributed by atoms with Crippen molar-refractivity contribution in [1.82, 2.24) is 4.90 Å². The topological polar surface area (TPSA) is 88.2 Å². The van der Waals surface area contributed by atoms with E-state index >= 15 is 0 Å². The fourth-order valence-corrected chi connectivity index (χ4v) is 3.99. The normalized spacial score (nSPS) is 16.8. The number of carbonyl (C=O) groups excluding carboxylic acids is 3. The molecule has 172 valence electrons. The van der Waals surface area contributed by atoms with Gasteiger partial charge in [-0.05, 0) is 54.1 Å². The number of halogens is 1. The van der Waals surface area contributed by atoms with Crippen LogP contribution in [-0.2, 0) is 16.1 Å². The number of rotatable bonds is 6. The highest BCUT2D eigenvalue weighted by Gasteiger charge is 2.46. The molecule has 34 heavy (non-hydrogen) atoms. The Balaban J connectivity index is 1.40. The van der Waals surface area contributed by atoms with Gasteiger partial charge in [0.15, 0.2) is 11.5 Å². The number of urea groups is 1. The number of para-hydroxylation sites is 1. The van der Waals surface area contributed by atoms with Gasteiger partial charge in [0.1, 0.15) is 11.9 Å². The number of hydrogen-bond donors (Lipinski definition) is 1. The SMILES string of the molecule is O=C(CC1C(=O)N(c2ccccc2)C(=O)N1Cc1ccc2c(c1)OCO2)Nc1ccc(F)cc1. The van der Waals surface area contributed by atoms with Crippen LogP contribution < -0.4 is 19.7 Å². The van der Waals surface area contributed by atoms with Gasteiger partial charge >= 0.3 is 6.03 Å². The highest BCUT2D eigenvalue weighted by atomic mass is 19.1. The lowest BCUT2D eigenvalue weighted by atomic mass is 10.1. The van der Waals surface area contributed by atoms with Crippen LogP contribution in [0.1, 0.15) is 12.0 Å². The van der Waals surface area contributed by atoms with Crippen molar-refractivity contribution in [2.45, 2.75) is 19.0 Å². The summed E-state index contributed by atoms with van der Waals surface area (Å²) in [6.45, 7) is 0.215. The van der Waals surface area contributed by atoms with Crippen LogP contribution in [0.3, 0.4) is 0 Å². The fourth-order valence-electron chi connectivity index (χ4n) is 3.99. The molecule has 0 radical (unpaired) electrons.